The summed E-state index contributed by atoms with van der Waals surface area (Å²) in [4.78, 5) is 8.16. The highest BCUT2D eigenvalue weighted by Crippen LogP contribution is 2.29. The summed E-state index contributed by atoms with van der Waals surface area (Å²) in [6.45, 7) is 2.61. The van der Waals surface area contributed by atoms with Crippen LogP contribution >= 0.6 is 0 Å². The summed E-state index contributed by atoms with van der Waals surface area (Å²) in [5.74, 6) is 0.446. The van der Waals surface area contributed by atoms with Crippen LogP contribution in [0.5, 0.6) is 5.75 Å². The lowest BCUT2D eigenvalue weighted by Crippen LogP contribution is -2.00. The van der Waals surface area contributed by atoms with E-state index in [0.29, 0.717) is 29.4 Å². The van der Waals surface area contributed by atoms with Gasteiger partial charge in [0.2, 0.25) is 0 Å². The molecule has 0 unspecified atom stereocenters. The van der Waals surface area contributed by atoms with E-state index in [1.54, 1.807) is 12.3 Å². The van der Waals surface area contributed by atoms with Crippen molar-refractivity contribution >= 4 is 5.82 Å². The monoisotopic (exact) mass is 261 g/mol. The zero-order valence-corrected chi connectivity index (χ0v) is 10.8. The van der Waals surface area contributed by atoms with Crippen LogP contribution in [0.25, 0.3) is 11.3 Å². The van der Waals surface area contributed by atoms with Crippen molar-refractivity contribution in [3.63, 3.8) is 0 Å². The van der Waals surface area contributed by atoms with Gasteiger partial charge >= 0.3 is 0 Å². The van der Waals surface area contributed by atoms with Crippen LogP contribution < -0.4 is 10.5 Å². The number of ether oxygens (including phenoxy) is 1. The van der Waals surface area contributed by atoms with Gasteiger partial charge in [-0.15, -0.1) is 0 Å². The molecule has 19 heavy (non-hydrogen) atoms. The molecule has 0 radical (unpaired) electrons. The lowest BCUT2D eigenvalue weighted by molar-refractivity contribution is 0.309. The molecule has 1 aromatic heterocycles. The Morgan fingerprint density at radius 3 is 2.89 bits per heavy atom. The van der Waals surface area contributed by atoms with Crippen molar-refractivity contribution in [1.82, 2.24) is 9.97 Å². The van der Waals surface area contributed by atoms with Crippen molar-refractivity contribution in [1.29, 1.82) is 0 Å². The van der Waals surface area contributed by atoms with Crippen LogP contribution in [0, 0.1) is 5.82 Å². The lowest BCUT2D eigenvalue weighted by Gasteiger charge is -2.11. The summed E-state index contributed by atoms with van der Waals surface area (Å²) in [6, 6.07) is 4.35. The number of aromatic nitrogens is 2. The summed E-state index contributed by atoms with van der Waals surface area (Å²) >= 11 is 0. The summed E-state index contributed by atoms with van der Waals surface area (Å²) in [7, 11) is 0. The summed E-state index contributed by atoms with van der Waals surface area (Å²) in [5, 5.41) is 0. The molecule has 2 aromatic rings. The molecule has 0 aliphatic carbocycles. The molecule has 5 heteroatoms. The first kappa shape index (κ1) is 13.3. The van der Waals surface area contributed by atoms with Crippen LogP contribution in [0.4, 0.5) is 10.2 Å². The Hall–Kier alpha value is -2.17. The molecule has 0 saturated carbocycles. The van der Waals surface area contributed by atoms with Crippen LogP contribution in [-0.4, -0.2) is 16.6 Å². The fourth-order valence-corrected chi connectivity index (χ4v) is 1.66. The zero-order valence-electron chi connectivity index (χ0n) is 10.8. The predicted octanol–water partition coefficient (Wildman–Crippen LogP) is 3.04. The number of halogens is 1. The summed E-state index contributed by atoms with van der Waals surface area (Å²) in [5.41, 5.74) is 6.88. The molecular weight excluding hydrogens is 245 g/mol. The Bertz CT molecular complexity index is 560. The Morgan fingerprint density at radius 1 is 1.32 bits per heavy atom. The molecule has 0 atom stereocenters. The molecule has 2 N–H and O–H groups in total. The number of nitrogens with two attached hydrogens (primary N) is 1. The molecule has 0 aliphatic rings. The summed E-state index contributed by atoms with van der Waals surface area (Å²) < 4.78 is 18.9. The standard InChI is InChI=1S/C14H16FN3O/c1-2-3-6-19-13-7-10(15)4-5-11(13)12-8-17-9-14(16)18-12/h4-5,7-9H,2-3,6H2,1H3,(H2,16,18). The van der Waals surface area contributed by atoms with Crippen LogP contribution in [0.1, 0.15) is 19.8 Å². The number of nitrogens with zero attached hydrogens (tertiary/aromatic N) is 2. The van der Waals surface area contributed by atoms with Crippen molar-refractivity contribution in [2.45, 2.75) is 19.8 Å². The molecule has 0 spiro atoms. The minimum absolute atomic E-state index is 0.321. The normalized spacial score (nSPS) is 10.4. The SMILES string of the molecule is CCCCOc1cc(F)ccc1-c1cncc(N)n1. The van der Waals surface area contributed by atoms with E-state index in [2.05, 4.69) is 16.9 Å². The van der Waals surface area contributed by atoms with Crippen LogP contribution in [0.2, 0.25) is 0 Å². The maximum Gasteiger partial charge on any atom is 0.142 e. The van der Waals surface area contributed by atoms with E-state index in [1.165, 1.54) is 18.3 Å². The molecule has 1 heterocycles. The fraction of sp³-hybridized carbons (Fsp3) is 0.286. The zero-order chi connectivity index (χ0) is 13.7. The van der Waals surface area contributed by atoms with E-state index in [0.717, 1.165) is 12.8 Å². The molecule has 0 aliphatic heterocycles. The van der Waals surface area contributed by atoms with Crippen molar-refractivity contribution < 1.29 is 9.13 Å². The first-order chi connectivity index (χ1) is 9.20. The Labute approximate surface area is 111 Å². The van der Waals surface area contributed by atoms with Gasteiger partial charge in [0.15, 0.2) is 0 Å². The second-order valence-electron chi connectivity index (χ2n) is 4.17. The third kappa shape index (κ3) is 3.40. The van der Waals surface area contributed by atoms with Gasteiger partial charge in [-0.2, -0.15) is 0 Å². The van der Waals surface area contributed by atoms with E-state index in [9.17, 15) is 4.39 Å². The third-order valence-electron chi connectivity index (χ3n) is 2.63. The Morgan fingerprint density at radius 2 is 2.16 bits per heavy atom. The molecular formula is C14H16FN3O. The number of anilines is 1. The van der Waals surface area contributed by atoms with Gasteiger partial charge in [0.25, 0.3) is 0 Å². The number of nitrogen functional groups attached to an aromatic ring is 1. The smallest absolute Gasteiger partial charge is 0.142 e. The maximum atomic E-state index is 13.3. The number of rotatable bonds is 5. The minimum atomic E-state index is -0.341. The van der Waals surface area contributed by atoms with Gasteiger partial charge in [-0.3, -0.25) is 4.98 Å². The first-order valence-corrected chi connectivity index (χ1v) is 6.21. The largest absolute Gasteiger partial charge is 0.493 e. The lowest BCUT2D eigenvalue weighted by atomic mass is 10.1. The first-order valence-electron chi connectivity index (χ1n) is 6.21. The topological polar surface area (TPSA) is 61.0 Å². The van der Waals surface area contributed by atoms with E-state index in [-0.39, 0.29) is 5.82 Å². The van der Waals surface area contributed by atoms with Crippen molar-refractivity contribution in [3.05, 3.63) is 36.4 Å². The molecule has 0 amide bonds. The predicted molar refractivity (Wildman–Crippen MR) is 72.2 cm³/mol. The van der Waals surface area contributed by atoms with E-state index < -0.39 is 0 Å². The molecule has 2 rings (SSSR count). The molecule has 1 aromatic carbocycles. The number of unbranched alkanes of at least 4 members (excludes halogenated alkanes) is 1. The molecule has 0 bridgehead atoms. The Kier molecular flexibility index (Phi) is 4.28. The van der Waals surface area contributed by atoms with Gasteiger partial charge in [-0.1, -0.05) is 13.3 Å². The average molecular weight is 261 g/mol. The van der Waals surface area contributed by atoms with Crippen LogP contribution in [0.15, 0.2) is 30.6 Å². The fourth-order valence-electron chi connectivity index (χ4n) is 1.66. The van der Waals surface area contributed by atoms with Crippen molar-refractivity contribution in [3.8, 4) is 17.0 Å². The second kappa shape index (κ2) is 6.13. The average Bonchev–Trinajstić information content (AvgIpc) is 2.39. The van der Waals surface area contributed by atoms with Gasteiger partial charge in [-0.25, -0.2) is 9.37 Å². The van der Waals surface area contributed by atoms with Gasteiger partial charge in [0.1, 0.15) is 17.4 Å². The van der Waals surface area contributed by atoms with E-state index >= 15 is 0 Å². The number of hydrogen-bond acceptors (Lipinski definition) is 4. The molecule has 0 saturated heterocycles. The van der Waals surface area contributed by atoms with Crippen molar-refractivity contribution in [2.75, 3.05) is 12.3 Å². The van der Waals surface area contributed by atoms with Crippen molar-refractivity contribution in [2.24, 2.45) is 0 Å². The van der Waals surface area contributed by atoms with Crippen LogP contribution in [-0.2, 0) is 0 Å². The third-order valence-corrected chi connectivity index (χ3v) is 2.63. The van der Waals surface area contributed by atoms with Gasteiger partial charge in [0, 0.05) is 11.6 Å². The van der Waals surface area contributed by atoms with E-state index in [4.69, 9.17) is 10.5 Å². The Balaban J connectivity index is 2.33. The highest BCUT2D eigenvalue weighted by atomic mass is 19.1. The highest BCUT2D eigenvalue weighted by molar-refractivity contribution is 5.67. The minimum Gasteiger partial charge on any atom is -0.493 e. The number of benzene rings is 1. The molecule has 0 fully saturated rings. The summed E-state index contributed by atoms with van der Waals surface area (Å²) in [6.07, 6.45) is 4.97. The highest BCUT2D eigenvalue weighted by Gasteiger charge is 2.10. The van der Waals surface area contributed by atoms with Gasteiger partial charge in [-0.05, 0) is 18.6 Å². The van der Waals surface area contributed by atoms with Gasteiger partial charge < -0.3 is 10.5 Å². The van der Waals surface area contributed by atoms with E-state index in [1.807, 2.05) is 0 Å². The maximum absolute atomic E-state index is 13.3. The second-order valence-corrected chi connectivity index (χ2v) is 4.17. The molecule has 4 nitrogen and oxygen atoms in total. The van der Waals surface area contributed by atoms with Crippen LogP contribution in [0.3, 0.4) is 0 Å². The van der Waals surface area contributed by atoms with Gasteiger partial charge in [0.05, 0.1) is 24.7 Å². The molecule has 100 valence electrons. The quantitative estimate of drug-likeness (QED) is 0.840. The number of hydrogen-bond donors (Lipinski definition) is 1.